The Balaban J connectivity index is 1.68. The number of H-pyrrole nitrogens is 1. The molecule has 0 aliphatic heterocycles. The summed E-state index contributed by atoms with van der Waals surface area (Å²) in [5, 5.41) is 4.66. The van der Waals surface area contributed by atoms with Crippen LogP contribution in [0.5, 0.6) is 0 Å². The van der Waals surface area contributed by atoms with E-state index in [1.165, 1.54) is 12.6 Å². The maximum absolute atomic E-state index is 14.4. The highest BCUT2D eigenvalue weighted by Gasteiger charge is 2.28. The van der Waals surface area contributed by atoms with E-state index in [-0.39, 0.29) is 11.9 Å². The molecule has 0 unspecified atom stereocenters. The van der Waals surface area contributed by atoms with Gasteiger partial charge in [0.15, 0.2) is 17.5 Å². The first kappa shape index (κ1) is 18.1. The zero-order chi connectivity index (χ0) is 19.0. The monoisotopic (exact) mass is 388 g/mol. The predicted octanol–water partition coefficient (Wildman–Crippen LogP) is 4.10. The first-order valence-corrected chi connectivity index (χ1v) is 9.49. The maximum Gasteiger partial charge on any atom is 0.183 e. The van der Waals surface area contributed by atoms with Gasteiger partial charge in [0.05, 0.1) is 11.2 Å². The molecule has 0 radical (unpaired) electrons. The predicted molar refractivity (Wildman–Crippen MR) is 105 cm³/mol. The number of pyridine rings is 1. The second kappa shape index (κ2) is 7.40. The molecule has 8 heteroatoms. The standard InChI is InChI=1S/C19H22ClFN6/c1-27(2)16-6-4-3-5-15(16)25-19-14(21)10-24-18(26-19)13-9-23-17-12(13)7-11(20)8-22-17/h7-10,15-16H,3-6H2,1-2H3,(H,22,23)(H,24,25,26)/t15-,16-/m0/s1. The lowest BCUT2D eigenvalue weighted by atomic mass is 9.89. The van der Waals surface area contributed by atoms with Crippen LogP contribution in [0.3, 0.4) is 0 Å². The summed E-state index contributed by atoms with van der Waals surface area (Å²) >= 11 is 6.07. The van der Waals surface area contributed by atoms with Crippen LogP contribution >= 0.6 is 11.6 Å². The molecule has 2 N–H and O–H groups in total. The Bertz CT molecular complexity index is 957. The SMILES string of the molecule is CN(C)[C@H]1CCCC[C@@H]1Nc1nc(-c2c[nH]c3ncc(Cl)cc23)ncc1F. The fourth-order valence-corrected chi connectivity index (χ4v) is 3.99. The van der Waals surface area contributed by atoms with Crippen LogP contribution in [-0.4, -0.2) is 51.0 Å². The maximum atomic E-state index is 14.4. The number of nitrogens with one attached hydrogen (secondary N) is 2. The van der Waals surface area contributed by atoms with E-state index in [2.05, 4.69) is 44.2 Å². The van der Waals surface area contributed by atoms with E-state index < -0.39 is 5.82 Å². The minimum atomic E-state index is -0.446. The van der Waals surface area contributed by atoms with Crippen molar-refractivity contribution < 1.29 is 4.39 Å². The summed E-state index contributed by atoms with van der Waals surface area (Å²) in [5.74, 6) is 0.229. The Labute approximate surface area is 162 Å². The zero-order valence-electron chi connectivity index (χ0n) is 15.3. The van der Waals surface area contributed by atoms with Crippen LogP contribution in [0.4, 0.5) is 10.2 Å². The number of hydrogen-bond donors (Lipinski definition) is 2. The highest BCUT2D eigenvalue weighted by atomic mass is 35.5. The molecule has 0 amide bonds. The van der Waals surface area contributed by atoms with E-state index in [1.807, 2.05) is 0 Å². The third kappa shape index (κ3) is 3.61. The number of aromatic nitrogens is 4. The summed E-state index contributed by atoms with van der Waals surface area (Å²) in [6.07, 6.45) is 8.98. The van der Waals surface area contributed by atoms with Gasteiger partial charge in [-0.1, -0.05) is 24.4 Å². The van der Waals surface area contributed by atoms with Crippen molar-refractivity contribution in [2.24, 2.45) is 0 Å². The lowest BCUT2D eigenvalue weighted by Gasteiger charge is -2.36. The molecular formula is C19H22ClFN6. The lowest BCUT2D eigenvalue weighted by Crippen LogP contribution is -2.45. The van der Waals surface area contributed by atoms with E-state index in [4.69, 9.17) is 11.6 Å². The largest absolute Gasteiger partial charge is 0.363 e. The van der Waals surface area contributed by atoms with E-state index in [9.17, 15) is 4.39 Å². The van der Waals surface area contributed by atoms with Crippen molar-refractivity contribution in [2.75, 3.05) is 19.4 Å². The molecule has 1 aliphatic carbocycles. The van der Waals surface area contributed by atoms with E-state index in [0.717, 1.165) is 30.2 Å². The summed E-state index contributed by atoms with van der Waals surface area (Å²) < 4.78 is 14.4. The van der Waals surface area contributed by atoms with Crippen molar-refractivity contribution in [1.82, 2.24) is 24.8 Å². The van der Waals surface area contributed by atoms with Crippen LogP contribution in [0.2, 0.25) is 5.02 Å². The van der Waals surface area contributed by atoms with Crippen molar-refractivity contribution in [1.29, 1.82) is 0 Å². The average Bonchev–Trinajstić information content (AvgIpc) is 3.07. The molecule has 4 rings (SSSR count). The number of aromatic amines is 1. The number of halogens is 2. The quantitative estimate of drug-likeness (QED) is 0.704. The topological polar surface area (TPSA) is 69.7 Å². The molecule has 2 atom stereocenters. The van der Waals surface area contributed by atoms with Gasteiger partial charge in [0.2, 0.25) is 0 Å². The molecule has 1 aliphatic rings. The van der Waals surface area contributed by atoms with Crippen LogP contribution in [0.15, 0.2) is 24.7 Å². The van der Waals surface area contributed by atoms with Crippen molar-refractivity contribution >= 4 is 28.5 Å². The van der Waals surface area contributed by atoms with E-state index >= 15 is 0 Å². The lowest BCUT2D eigenvalue weighted by molar-refractivity contribution is 0.211. The first-order chi connectivity index (χ1) is 13.0. The molecular weight excluding hydrogens is 367 g/mol. The number of rotatable bonds is 4. The second-order valence-corrected chi connectivity index (χ2v) is 7.64. The fourth-order valence-electron chi connectivity index (χ4n) is 3.83. The van der Waals surface area contributed by atoms with Crippen molar-refractivity contribution in [3.8, 4) is 11.4 Å². The fraction of sp³-hybridized carbons (Fsp3) is 0.421. The Morgan fingerprint density at radius 1 is 1.22 bits per heavy atom. The number of likely N-dealkylation sites (N-methyl/N-ethyl adjacent to an activating group) is 1. The van der Waals surface area contributed by atoms with Gasteiger partial charge in [0, 0.05) is 35.4 Å². The summed E-state index contributed by atoms with van der Waals surface area (Å²) in [4.78, 5) is 18.2. The molecule has 0 spiro atoms. The Morgan fingerprint density at radius 2 is 2.04 bits per heavy atom. The number of anilines is 1. The molecule has 3 aromatic heterocycles. The smallest absolute Gasteiger partial charge is 0.183 e. The third-order valence-electron chi connectivity index (χ3n) is 5.20. The van der Waals surface area contributed by atoms with Crippen LogP contribution in [0.25, 0.3) is 22.4 Å². The van der Waals surface area contributed by atoms with E-state index in [0.29, 0.717) is 22.5 Å². The van der Waals surface area contributed by atoms with Crippen LogP contribution < -0.4 is 5.32 Å². The minimum absolute atomic E-state index is 0.157. The number of hydrogen-bond acceptors (Lipinski definition) is 5. The van der Waals surface area contributed by atoms with Gasteiger partial charge in [-0.05, 0) is 33.0 Å². The van der Waals surface area contributed by atoms with Gasteiger partial charge in [-0.3, -0.25) is 0 Å². The Hall–Kier alpha value is -2.25. The summed E-state index contributed by atoms with van der Waals surface area (Å²) in [6, 6.07) is 2.32. The molecule has 142 valence electrons. The number of nitrogens with zero attached hydrogens (tertiary/aromatic N) is 4. The first-order valence-electron chi connectivity index (χ1n) is 9.11. The van der Waals surface area contributed by atoms with Gasteiger partial charge >= 0.3 is 0 Å². The van der Waals surface area contributed by atoms with Crippen LogP contribution in [0.1, 0.15) is 25.7 Å². The average molecular weight is 389 g/mol. The normalized spacial score (nSPS) is 20.3. The molecule has 3 heterocycles. The molecule has 3 aromatic rings. The molecule has 6 nitrogen and oxygen atoms in total. The van der Waals surface area contributed by atoms with Gasteiger partial charge in [0.1, 0.15) is 5.65 Å². The summed E-state index contributed by atoms with van der Waals surface area (Å²) in [6.45, 7) is 0. The van der Waals surface area contributed by atoms with Crippen molar-refractivity contribution in [2.45, 2.75) is 37.8 Å². The second-order valence-electron chi connectivity index (χ2n) is 7.21. The summed E-state index contributed by atoms with van der Waals surface area (Å²) in [5.41, 5.74) is 1.44. The van der Waals surface area contributed by atoms with Crippen LogP contribution in [0, 0.1) is 5.82 Å². The number of fused-ring (bicyclic) bond motifs is 1. The molecule has 0 aromatic carbocycles. The highest BCUT2D eigenvalue weighted by Crippen LogP contribution is 2.29. The van der Waals surface area contributed by atoms with Gasteiger partial charge < -0.3 is 15.2 Å². The van der Waals surface area contributed by atoms with Crippen molar-refractivity contribution in [3.05, 3.63) is 35.5 Å². The summed E-state index contributed by atoms with van der Waals surface area (Å²) in [7, 11) is 4.13. The molecule has 0 saturated heterocycles. The molecule has 1 fully saturated rings. The molecule has 0 bridgehead atoms. The molecule has 1 saturated carbocycles. The minimum Gasteiger partial charge on any atom is -0.363 e. The zero-order valence-corrected chi connectivity index (χ0v) is 16.1. The third-order valence-corrected chi connectivity index (χ3v) is 5.40. The highest BCUT2D eigenvalue weighted by molar-refractivity contribution is 6.31. The van der Waals surface area contributed by atoms with E-state index in [1.54, 1.807) is 18.5 Å². The Kier molecular flexibility index (Phi) is 4.97. The van der Waals surface area contributed by atoms with Gasteiger partial charge in [-0.15, -0.1) is 0 Å². The van der Waals surface area contributed by atoms with Gasteiger partial charge in [-0.25, -0.2) is 19.3 Å². The Morgan fingerprint density at radius 3 is 2.85 bits per heavy atom. The van der Waals surface area contributed by atoms with Gasteiger partial charge in [0.25, 0.3) is 0 Å². The molecule has 27 heavy (non-hydrogen) atoms. The van der Waals surface area contributed by atoms with Crippen LogP contribution in [-0.2, 0) is 0 Å². The van der Waals surface area contributed by atoms with Gasteiger partial charge in [-0.2, -0.15) is 0 Å². The van der Waals surface area contributed by atoms with Crippen molar-refractivity contribution in [3.63, 3.8) is 0 Å².